The SMILES string of the molecule is CS[C@H](C)C(=O)NCc1ccncc1. The molecule has 0 aliphatic heterocycles. The molecule has 1 N–H and O–H groups in total. The Hall–Kier alpha value is -1.03. The lowest BCUT2D eigenvalue weighted by molar-refractivity contribution is -0.120. The fourth-order valence-corrected chi connectivity index (χ4v) is 1.24. The van der Waals surface area contributed by atoms with Gasteiger partial charge < -0.3 is 5.32 Å². The molecular formula is C10H14N2OS. The summed E-state index contributed by atoms with van der Waals surface area (Å²) in [5, 5.41) is 2.87. The first-order valence-corrected chi connectivity index (χ1v) is 5.72. The molecule has 0 saturated carbocycles. The van der Waals surface area contributed by atoms with Crippen molar-refractivity contribution in [3.63, 3.8) is 0 Å². The van der Waals surface area contributed by atoms with Crippen molar-refractivity contribution in [1.82, 2.24) is 10.3 Å². The number of amides is 1. The van der Waals surface area contributed by atoms with Gasteiger partial charge in [0.15, 0.2) is 0 Å². The van der Waals surface area contributed by atoms with Crippen LogP contribution in [0.5, 0.6) is 0 Å². The summed E-state index contributed by atoms with van der Waals surface area (Å²) in [7, 11) is 0. The number of carbonyl (C=O) groups excluding carboxylic acids is 1. The Morgan fingerprint density at radius 1 is 1.57 bits per heavy atom. The van der Waals surface area contributed by atoms with Gasteiger partial charge in [0.2, 0.25) is 5.91 Å². The van der Waals surface area contributed by atoms with Gasteiger partial charge in [0, 0.05) is 18.9 Å². The maximum Gasteiger partial charge on any atom is 0.233 e. The number of hydrogen-bond donors (Lipinski definition) is 1. The van der Waals surface area contributed by atoms with Gasteiger partial charge in [-0.15, -0.1) is 0 Å². The van der Waals surface area contributed by atoms with Crippen molar-refractivity contribution in [3.05, 3.63) is 30.1 Å². The molecule has 1 rings (SSSR count). The lowest BCUT2D eigenvalue weighted by atomic mass is 10.2. The summed E-state index contributed by atoms with van der Waals surface area (Å²) in [6.45, 7) is 2.47. The molecule has 0 aliphatic rings. The summed E-state index contributed by atoms with van der Waals surface area (Å²) < 4.78 is 0. The van der Waals surface area contributed by atoms with E-state index >= 15 is 0 Å². The number of carbonyl (C=O) groups is 1. The lowest BCUT2D eigenvalue weighted by Crippen LogP contribution is -2.30. The van der Waals surface area contributed by atoms with Crippen LogP contribution in [0.4, 0.5) is 0 Å². The van der Waals surface area contributed by atoms with E-state index in [0.717, 1.165) is 5.56 Å². The van der Waals surface area contributed by atoms with E-state index in [0.29, 0.717) is 6.54 Å². The molecule has 1 aromatic rings. The second-order valence-electron chi connectivity index (χ2n) is 2.95. The van der Waals surface area contributed by atoms with Gasteiger partial charge in [0.1, 0.15) is 0 Å². The molecule has 76 valence electrons. The predicted molar refractivity (Wildman–Crippen MR) is 59.1 cm³/mol. The largest absolute Gasteiger partial charge is 0.351 e. The fourth-order valence-electron chi connectivity index (χ4n) is 0.941. The molecule has 3 nitrogen and oxygen atoms in total. The van der Waals surface area contributed by atoms with Crippen molar-refractivity contribution in [2.24, 2.45) is 0 Å². The Bertz CT molecular complexity index is 289. The van der Waals surface area contributed by atoms with Crippen LogP contribution in [0, 0.1) is 0 Å². The molecule has 1 heterocycles. The molecule has 0 saturated heterocycles. The van der Waals surface area contributed by atoms with Crippen molar-refractivity contribution in [2.45, 2.75) is 18.7 Å². The van der Waals surface area contributed by atoms with Crippen LogP contribution in [0.3, 0.4) is 0 Å². The van der Waals surface area contributed by atoms with E-state index in [9.17, 15) is 4.79 Å². The van der Waals surface area contributed by atoms with E-state index in [1.165, 1.54) is 0 Å². The number of pyridine rings is 1. The molecule has 0 spiro atoms. The molecule has 0 bridgehead atoms. The quantitative estimate of drug-likeness (QED) is 0.818. The maximum atomic E-state index is 11.4. The Balaban J connectivity index is 2.38. The average Bonchev–Trinajstić information content (AvgIpc) is 2.26. The number of nitrogens with one attached hydrogen (secondary N) is 1. The summed E-state index contributed by atoms with van der Waals surface area (Å²) in [4.78, 5) is 15.3. The molecule has 0 unspecified atom stereocenters. The number of rotatable bonds is 4. The highest BCUT2D eigenvalue weighted by molar-refractivity contribution is 7.99. The van der Waals surface area contributed by atoms with Gasteiger partial charge in [-0.05, 0) is 30.9 Å². The molecule has 14 heavy (non-hydrogen) atoms. The Kier molecular flexibility index (Phi) is 4.46. The van der Waals surface area contributed by atoms with Crippen LogP contribution in [0.25, 0.3) is 0 Å². The molecule has 4 heteroatoms. The van der Waals surface area contributed by atoms with Gasteiger partial charge in [-0.3, -0.25) is 9.78 Å². The van der Waals surface area contributed by atoms with Crippen LogP contribution in [0.1, 0.15) is 12.5 Å². The van der Waals surface area contributed by atoms with E-state index < -0.39 is 0 Å². The number of nitrogens with zero attached hydrogens (tertiary/aromatic N) is 1. The zero-order chi connectivity index (χ0) is 10.4. The van der Waals surface area contributed by atoms with Gasteiger partial charge in [0.25, 0.3) is 0 Å². The van der Waals surface area contributed by atoms with Gasteiger partial charge in [-0.2, -0.15) is 11.8 Å². The van der Waals surface area contributed by atoms with Crippen molar-refractivity contribution in [1.29, 1.82) is 0 Å². The normalized spacial score (nSPS) is 12.1. The lowest BCUT2D eigenvalue weighted by Gasteiger charge is -2.09. The van der Waals surface area contributed by atoms with Crippen molar-refractivity contribution >= 4 is 17.7 Å². The summed E-state index contributed by atoms with van der Waals surface area (Å²) in [6.07, 6.45) is 5.37. The van der Waals surface area contributed by atoms with Crippen molar-refractivity contribution in [3.8, 4) is 0 Å². The van der Waals surface area contributed by atoms with E-state index in [-0.39, 0.29) is 11.2 Å². The van der Waals surface area contributed by atoms with Crippen LogP contribution in [-0.4, -0.2) is 22.4 Å². The van der Waals surface area contributed by atoms with Gasteiger partial charge in [-0.25, -0.2) is 0 Å². The minimum absolute atomic E-state index is 0.0110. The molecule has 1 aromatic heterocycles. The average molecular weight is 210 g/mol. The summed E-state index contributed by atoms with van der Waals surface area (Å²) in [6, 6.07) is 3.79. The highest BCUT2D eigenvalue weighted by Gasteiger charge is 2.09. The predicted octanol–water partition coefficient (Wildman–Crippen LogP) is 1.45. The molecule has 0 radical (unpaired) electrons. The summed E-state index contributed by atoms with van der Waals surface area (Å²) in [5.74, 6) is 0.0781. The molecule has 0 aliphatic carbocycles. The first-order chi connectivity index (χ1) is 6.74. The van der Waals surface area contributed by atoms with E-state index in [4.69, 9.17) is 0 Å². The summed E-state index contributed by atoms with van der Waals surface area (Å²) >= 11 is 1.54. The van der Waals surface area contributed by atoms with E-state index in [1.54, 1.807) is 24.2 Å². The maximum absolute atomic E-state index is 11.4. The topological polar surface area (TPSA) is 42.0 Å². The van der Waals surface area contributed by atoms with Crippen LogP contribution in [0.2, 0.25) is 0 Å². The second kappa shape index (κ2) is 5.65. The standard InChI is InChI=1S/C10H14N2OS/c1-8(14-2)10(13)12-7-9-3-5-11-6-4-9/h3-6,8H,7H2,1-2H3,(H,12,13)/t8-/m1/s1. The number of hydrogen-bond acceptors (Lipinski definition) is 3. The third-order valence-corrected chi connectivity index (χ3v) is 2.86. The van der Waals surface area contributed by atoms with Crippen molar-refractivity contribution < 1.29 is 4.79 Å². The highest BCUT2D eigenvalue weighted by Crippen LogP contribution is 2.05. The van der Waals surface area contributed by atoms with Crippen LogP contribution in [-0.2, 0) is 11.3 Å². The minimum atomic E-state index is 0.0110. The zero-order valence-electron chi connectivity index (χ0n) is 8.36. The fraction of sp³-hybridized carbons (Fsp3) is 0.400. The second-order valence-corrected chi connectivity index (χ2v) is 4.13. The number of thioether (sulfide) groups is 1. The zero-order valence-corrected chi connectivity index (χ0v) is 9.17. The van der Waals surface area contributed by atoms with E-state index in [2.05, 4.69) is 10.3 Å². The molecule has 0 aromatic carbocycles. The van der Waals surface area contributed by atoms with Gasteiger partial charge >= 0.3 is 0 Å². The Morgan fingerprint density at radius 3 is 2.79 bits per heavy atom. The van der Waals surface area contributed by atoms with Crippen LogP contribution >= 0.6 is 11.8 Å². The monoisotopic (exact) mass is 210 g/mol. The van der Waals surface area contributed by atoms with Crippen LogP contribution in [0.15, 0.2) is 24.5 Å². The molecular weight excluding hydrogens is 196 g/mol. The number of aromatic nitrogens is 1. The van der Waals surface area contributed by atoms with E-state index in [1.807, 2.05) is 25.3 Å². The summed E-state index contributed by atoms with van der Waals surface area (Å²) in [5.41, 5.74) is 1.07. The van der Waals surface area contributed by atoms with Crippen molar-refractivity contribution in [2.75, 3.05) is 6.26 Å². The Labute approximate surface area is 88.3 Å². The Morgan fingerprint density at radius 2 is 2.21 bits per heavy atom. The van der Waals surface area contributed by atoms with Gasteiger partial charge in [0.05, 0.1) is 5.25 Å². The first-order valence-electron chi connectivity index (χ1n) is 4.43. The molecule has 0 fully saturated rings. The minimum Gasteiger partial charge on any atom is -0.351 e. The third-order valence-electron chi connectivity index (χ3n) is 1.94. The van der Waals surface area contributed by atoms with Gasteiger partial charge in [-0.1, -0.05) is 0 Å². The molecule has 1 atom stereocenters. The third kappa shape index (κ3) is 3.38. The van der Waals surface area contributed by atoms with Crippen LogP contribution < -0.4 is 5.32 Å². The smallest absolute Gasteiger partial charge is 0.233 e. The first kappa shape index (κ1) is 11.0. The molecule has 1 amide bonds. The highest BCUT2D eigenvalue weighted by atomic mass is 32.2.